The second kappa shape index (κ2) is 6.86. The minimum Gasteiger partial charge on any atom is -0.383 e. The highest BCUT2D eigenvalue weighted by Gasteiger charge is 2.30. The minimum atomic E-state index is -0.348. The molecule has 21 heavy (non-hydrogen) atoms. The third-order valence-electron chi connectivity index (χ3n) is 3.81. The zero-order valence-corrected chi connectivity index (χ0v) is 12.8. The molecule has 1 fully saturated rings. The van der Waals surface area contributed by atoms with Crippen molar-refractivity contribution in [1.29, 1.82) is 0 Å². The van der Waals surface area contributed by atoms with Crippen LogP contribution in [-0.2, 0) is 11.8 Å². The van der Waals surface area contributed by atoms with Gasteiger partial charge in [0.15, 0.2) is 0 Å². The van der Waals surface area contributed by atoms with Crippen LogP contribution in [0.2, 0.25) is 0 Å². The average molecular weight is 297 g/mol. The quantitative estimate of drug-likeness (QED) is 0.593. The van der Waals surface area contributed by atoms with E-state index < -0.39 is 0 Å². The molecule has 0 spiro atoms. The predicted octanol–water partition coefficient (Wildman–Crippen LogP) is 0.842. The number of aromatic nitrogens is 2. The lowest BCUT2D eigenvalue weighted by Crippen LogP contribution is -2.40. The fourth-order valence-corrected chi connectivity index (χ4v) is 2.87. The molecule has 118 valence electrons. The minimum absolute atomic E-state index is 0.0894. The van der Waals surface area contributed by atoms with Crippen molar-refractivity contribution in [1.82, 2.24) is 15.1 Å². The first-order valence-corrected chi connectivity index (χ1v) is 7.19. The Kier molecular flexibility index (Phi) is 5.13. The van der Waals surface area contributed by atoms with E-state index in [2.05, 4.69) is 10.4 Å². The second-order valence-corrected chi connectivity index (χ2v) is 5.37. The summed E-state index contributed by atoms with van der Waals surface area (Å²) < 4.78 is 6.74. The molecule has 2 rings (SSSR count). The van der Waals surface area contributed by atoms with Crippen LogP contribution in [0, 0.1) is 17.0 Å². The summed E-state index contributed by atoms with van der Waals surface area (Å²) in [5.74, 6) is 0.559. The number of aryl methyl sites for hydroxylation is 2. The maximum atomic E-state index is 11.4. The summed E-state index contributed by atoms with van der Waals surface area (Å²) in [6, 6.07) is 0.358. The molecule has 0 saturated carbocycles. The molecule has 8 heteroatoms. The number of hydrogen-bond donors (Lipinski definition) is 1. The fraction of sp³-hybridized carbons (Fsp3) is 0.769. The maximum absolute atomic E-state index is 11.4. The van der Waals surface area contributed by atoms with E-state index in [0.29, 0.717) is 30.7 Å². The Morgan fingerprint density at radius 1 is 1.62 bits per heavy atom. The molecule has 1 saturated heterocycles. The van der Waals surface area contributed by atoms with Crippen molar-refractivity contribution in [2.24, 2.45) is 7.05 Å². The molecule has 0 amide bonds. The van der Waals surface area contributed by atoms with Crippen LogP contribution in [0.5, 0.6) is 0 Å². The molecule has 1 unspecified atom stereocenters. The number of nitrogens with zero attached hydrogens (tertiary/aromatic N) is 4. The first kappa shape index (κ1) is 15.7. The molecule has 0 aliphatic carbocycles. The van der Waals surface area contributed by atoms with Crippen LogP contribution in [0.25, 0.3) is 0 Å². The van der Waals surface area contributed by atoms with Gasteiger partial charge in [0.2, 0.25) is 5.82 Å². The summed E-state index contributed by atoms with van der Waals surface area (Å²) in [5.41, 5.74) is 0.533. The largest absolute Gasteiger partial charge is 0.383 e. The van der Waals surface area contributed by atoms with Gasteiger partial charge in [0, 0.05) is 33.3 Å². The third kappa shape index (κ3) is 3.51. The van der Waals surface area contributed by atoms with Crippen LogP contribution in [0.15, 0.2) is 0 Å². The summed E-state index contributed by atoms with van der Waals surface area (Å²) >= 11 is 0. The monoisotopic (exact) mass is 297 g/mol. The molecule has 0 radical (unpaired) electrons. The van der Waals surface area contributed by atoms with Crippen LogP contribution in [0.4, 0.5) is 11.5 Å². The summed E-state index contributed by atoms with van der Waals surface area (Å²) in [4.78, 5) is 13.0. The standard InChI is InChI=1S/C13H23N5O3/c1-10-12(18(19)20)13(16(2)15-10)17(7-8-21-3)9-11-5-4-6-14-11/h11,14H,4-9H2,1-3H3. The van der Waals surface area contributed by atoms with Gasteiger partial charge in [-0.05, 0) is 26.3 Å². The zero-order chi connectivity index (χ0) is 15.4. The third-order valence-corrected chi connectivity index (χ3v) is 3.81. The first-order chi connectivity index (χ1) is 10.0. The first-order valence-electron chi connectivity index (χ1n) is 7.19. The number of anilines is 1. The number of nitrogens with one attached hydrogen (secondary N) is 1. The lowest BCUT2D eigenvalue weighted by Gasteiger charge is -2.26. The second-order valence-electron chi connectivity index (χ2n) is 5.37. The van der Waals surface area contributed by atoms with E-state index in [4.69, 9.17) is 4.74 Å². The normalized spacial score (nSPS) is 18.1. The molecule has 1 atom stereocenters. The van der Waals surface area contributed by atoms with Gasteiger partial charge in [0.25, 0.3) is 0 Å². The Balaban J connectivity index is 2.28. The van der Waals surface area contributed by atoms with E-state index in [-0.39, 0.29) is 10.6 Å². The van der Waals surface area contributed by atoms with E-state index in [9.17, 15) is 10.1 Å². The SMILES string of the molecule is COCCN(CC1CCCN1)c1c([N+](=O)[O-])c(C)nn1C. The van der Waals surface area contributed by atoms with Crippen molar-refractivity contribution < 1.29 is 9.66 Å². The summed E-state index contributed by atoms with van der Waals surface area (Å²) in [6.07, 6.45) is 2.24. The predicted molar refractivity (Wildman–Crippen MR) is 79.7 cm³/mol. The van der Waals surface area contributed by atoms with E-state index in [1.54, 1.807) is 25.8 Å². The van der Waals surface area contributed by atoms with Crippen molar-refractivity contribution in [2.45, 2.75) is 25.8 Å². The smallest absolute Gasteiger partial charge is 0.333 e. The zero-order valence-electron chi connectivity index (χ0n) is 12.8. The van der Waals surface area contributed by atoms with Crippen molar-refractivity contribution >= 4 is 11.5 Å². The Morgan fingerprint density at radius 2 is 2.38 bits per heavy atom. The molecule has 1 aromatic rings. The Morgan fingerprint density at radius 3 is 2.95 bits per heavy atom. The molecule has 1 N–H and O–H groups in total. The van der Waals surface area contributed by atoms with Gasteiger partial charge in [-0.25, -0.2) is 4.68 Å². The molecular formula is C13H23N5O3. The molecule has 2 heterocycles. The highest BCUT2D eigenvalue weighted by atomic mass is 16.6. The van der Waals surface area contributed by atoms with Gasteiger partial charge in [-0.2, -0.15) is 5.10 Å². The maximum Gasteiger partial charge on any atom is 0.333 e. The summed E-state index contributed by atoms with van der Waals surface area (Å²) in [7, 11) is 3.38. The van der Waals surface area contributed by atoms with Crippen molar-refractivity contribution in [2.75, 3.05) is 38.3 Å². The Hall–Kier alpha value is -1.67. The molecular weight excluding hydrogens is 274 g/mol. The lowest BCUT2D eigenvalue weighted by atomic mass is 10.2. The molecule has 1 aliphatic heterocycles. The van der Waals surface area contributed by atoms with Gasteiger partial charge < -0.3 is 15.0 Å². The molecule has 0 aromatic carbocycles. The van der Waals surface area contributed by atoms with E-state index >= 15 is 0 Å². The van der Waals surface area contributed by atoms with Crippen molar-refractivity contribution in [3.8, 4) is 0 Å². The number of methoxy groups -OCH3 is 1. The summed E-state index contributed by atoms with van der Waals surface area (Å²) in [5, 5.41) is 19.0. The fourth-order valence-electron chi connectivity index (χ4n) is 2.87. The van der Waals surface area contributed by atoms with Gasteiger partial charge in [0.1, 0.15) is 5.69 Å². The van der Waals surface area contributed by atoms with Crippen LogP contribution in [0.1, 0.15) is 18.5 Å². The van der Waals surface area contributed by atoms with E-state index in [1.807, 2.05) is 4.90 Å². The van der Waals surface area contributed by atoms with Gasteiger partial charge in [-0.1, -0.05) is 0 Å². The van der Waals surface area contributed by atoms with Crippen LogP contribution >= 0.6 is 0 Å². The van der Waals surface area contributed by atoms with Gasteiger partial charge in [0.05, 0.1) is 11.5 Å². The molecule has 1 aliphatic rings. The van der Waals surface area contributed by atoms with E-state index in [0.717, 1.165) is 25.9 Å². The van der Waals surface area contributed by atoms with Crippen molar-refractivity contribution in [3.05, 3.63) is 15.8 Å². The topological polar surface area (TPSA) is 85.5 Å². The molecule has 0 bridgehead atoms. The van der Waals surface area contributed by atoms with Gasteiger partial charge >= 0.3 is 5.69 Å². The van der Waals surface area contributed by atoms with Crippen molar-refractivity contribution in [3.63, 3.8) is 0 Å². The Bertz CT molecular complexity index is 496. The van der Waals surface area contributed by atoms with Crippen LogP contribution < -0.4 is 10.2 Å². The number of rotatable bonds is 7. The molecule has 8 nitrogen and oxygen atoms in total. The number of hydrogen-bond acceptors (Lipinski definition) is 6. The number of ether oxygens (including phenoxy) is 1. The van der Waals surface area contributed by atoms with Gasteiger partial charge in [-0.15, -0.1) is 0 Å². The molecule has 1 aromatic heterocycles. The highest BCUT2D eigenvalue weighted by Crippen LogP contribution is 2.31. The summed E-state index contributed by atoms with van der Waals surface area (Å²) in [6.45, 7) is 4.53. The lowest BCUT2D eigenvalue weighted by molar-refractivity contribution is -0.384. The van der Waals surface area contributed by atoms with E-state index in [1.165, 1.54) is 0 Å². The highest BCUT2D eigenvalue weighted by molar-refractivity contribution is 5.61. The Labute approximate surface area is 124 Å². The average Bonchev–Trinajstić information content (AvgIpc) is 3.02. The number of nitro groups is 1. The van der Waals surface area contributed by atoms with Gasteiger partial charge in [-0.3, -0.25) is 10.1 Å². The van der Waals surface area contributed by atoms with Crippen LogP contribution in [-0.4, -0.2) is 54.1 Å². The van der Waals surface area contributed by atoms with Crippen LogP contribution in [0.3, 0.4) is 0 Å².